The maximum absolute atomic E-state index is 5.92. The summed E-state index contributed by atoms with van der Waals surface area (Å²) in [5.41, 5.74) is 5.92. The van der Waals surface area contributed by atoms with Gasteiger partial charge in [0.25, 0.3) is 0 Å². The number of hydrogen-bond donors (Lipinski definition) is 1. The second kappa shape index (κ2) is 5.58. The molecule has 3 heteroatoms. The first-order valence-electron chi connectivity index (χ1n) is 5.32. The Labute approximate surface area is 81.2 Å². The van der Waals surface area contributed by atoms with Crippen LogP contribution in [0.1, 0.15) is 26.7 Å². The van der Waals surface area contributed by atoms with Crippen LogP contribution in [0, 0.1) is 0 Å². The van der Waals surface area contributed by atoms with Crippen LogP contribution in [-0.2, 0) is 4.74 Å². The van der Waals surface area contributed by atoms with Crippen LogP contribution in [0.3, 0.4) is 0 Å². The van der Waals surface area contributed by atoms with Gasteiger partial charge in [0.05, 0.1) is 6.10 Å². The van der Waals surface area contributed by atoms with E-state index in [1.807, 2.05) is 0 Å². The minimum atomic E-state index is 0.324. The summed E-state index contributed by atoms with van der Waals surface area (Å²) < 4.78 is 5.57. The van der Waals surface area contributed by atoms with Crippen LogP contribution in [-0.4, -0.2) is 43.3 Å². The average Bonchev–Trinajstić information content (AvgIpc) is 2.30. The summed E-state index contributed by atoms with van der Waals surface area (Å²) in [6, 6.07) is 0.324. The van der Waals surface area contributed by atoms with Crippen molar-refractivity contribution in [2.24, 2.45) is 5.73 Å². The van der Waals surface area contributed by atoms with Crippen molar-refractivity contribution in [1.82, 2.24) is 4.90 Å². The van der Waals surface area contributed by atoms with E-state index in [0.29, 0.717) is 12.1 Å². The smallest absolute Gasteiger partial charge is 0.0673 e. The first-order valence-corrected chi connectivity index (χ1v) is 5.32. The zero-order chi connectivity index (χ0) is 9.68. The van der Waals surface area contributed by atoms with E-state index in [4.69, 9.17) is 10.5 Å². The molecule has 3 nitrogen and oxygen atoms in total. The van der Waals surface area contributed by atoms with Crippen LogP contribution < -0.4 is 5.73 Å². The molecule has 0 aromatic heterocycles. The normalized spacial score (nSPS) is 28.4. The molecule has 1 fully saturated rings. The second-order valence-electron chi connectivity index (χ2n) is 3.96. The van der Waals surface area contributed by atoms with Gasteiger partial charge in [0.2, 0.25) is 0 Å². The molecule has 1 saturated heterocycles. The van der Waals surface area contributed by atoms with Gasteiger partial charge in [-0.25, -0.2) is 0 Å². The zero-order valence-corrected chi connectivity index (χ0v) is 8.83. The maximum atomic E-state index is 5.92. The monoisotopic (exact) mass is 186 g/mol. The predicted octanol–water partition coefficient (Wildman–Crippen LogP) is 0.834. The predicted molar refractivity (Wildman–Crippen MR) is 54.7 cm³/mol. The number of hydrogen-bond acceptors (Lipinski definition) is 3. The molecule has 1 heterocycles. The molecule has 1 rings (SSSR count). The third-order valence-corrected chi connectivity index (χ3v) is 2.55. The summed E-state index contributed by atoms with van der Waals surface area (Å²) in [4.78, 5) is 2.42. The summed E-state index contributed by atoms with van der Waals surface area (Å²) >= 11 is 0. The van der Waals surface area contributed by atoms with Gasteiger partial charge in [-0.1, -0.05) is 6.92 Å². The van der Waals surface area contributed by atoms with Gasteiger partial charge in [-0.15, -0.1) is 0 Å². The second-order valence-corrected chi connectivity index (χ2v) is 3.96. The fourth-order valence-electron chi connectivity index (χ4n) is 1.71. The Balaban J connectivity index is 2.30. The summed E-state index contributed by atoms with van der Waals surface area (Å²) in [6.07, 6.45) is 2.57. The van der Waals surface area contributed by atoms with Crippen molar-refractivity contribution < 1.29 is 4.74 Å². The minimum absolute atomic E-state index is 0.324. The number of rotatable bonds is 3. The Hall–Kier alpha value is -0.120. The van der Waals surface area contributed by atoms with Crippen molar-refractivity contribution in [3.05, 3.63) is 0 Å². The summed E-state index contributed by atoms with van der Waals surface area (Å²) in [7, 11) is 0. The zero-order valence-electron chi connectivity index (χ0n) is 8.83. The fraction of sp³-hybridized carbons (Fsp3) is 1.00. The first-order chi connectivity index (χ1) is 6.22. The molecule has 0 saturated carbocycles. The van der Waals surface area contributed by atoms with Crippen LogP contribution in [0.25, 0.3) is 0 Å². The Kier molecular flexibility index (Phi) is 4.70. The van der Waals surface area contributed by atoms with Crippen LogP contribution in [0.4, 0.5) is 0 Å². The molecule has 0 radical (unpaired) electrons. The van der Waals surface area contributed by atoms with E-state index in [0.717, 1.165) is 39.1 Å². The van der Waals surface area contributed by atoms with Gasteiger partial charge >= 0.3 is 0 Å². The molecule has 0 spiro atoms. The number of ether oxygens (including phenoxy) is 1. The Morgan fingerprint density at radius 2 is 2.38 bits per heavy atom. The van der Waals surface area contributed by atoms with E-state index in [1.165, 1.54) is 0 Å². The van der Waals surface area contributed by atoms with Crippen LogP contribution in [0.5, 0.6) is 0 Å². The van der Waals surface area contributed by atoms with Crippen LogP contribution in [0.2, 0.25) is 0 Å². The third kappa shape index (κ3) is 4.07. The van der Waals surface area contributed by atoms with Crippen molar-refractivity contribution in [2.45, 2.75) is 38.8 Å². The maximum Gasteiger partial charge on any atom is 0.0673 e. The lowest BCUT2D eigenvalue weighted by Crippen LogP contribution is -2.40. The molecule has 0 bridgehead atoms. The van der Waals surface area contributed by atoms with Gasteiger partial charge in [0.1, 0.15) is 0 Å². The molecule has 13 heavy (non-hydrogen) atoms. The highest BCUT2D eigenvalue weighted by Crippen LogP contribution is 2.05. The molecule has 1 aliphatic heterocycles. The van der Waals surface area contributed by atoms with E-state index in [1.54, 1.807) is 0 Å². The summed E-state index contributed by atoms with van der Waals surface area (Å²) in [6.45, 7) is 8.37. The van der Waals surface area contributed by atoms with E-state index in [2.05, 4.69) is 18.7 Å². The molecular weight excluding hydrogens is 164 g/mol. The quantitative estimate of drug-likeness (QED) is 0.709. The van der Waals surface area contributed by atoms with Crippen molar-refractivity contribution in [3.8, 4) is 0 Å². The van der Waals surface area contributed by atoms with E-state index < -0.39 is 0 Å². The van der Waals surface area contributed by atoms with E-state index >= 15 is 0 Å². The molecular formula is C10H22N2O. The number of nitrogens with two attached hydrogens (primary N) is 1. The minimum Gasteiger partial charge on any atom is -0.377 e. The molecule has 0 aromatic carbocycles. The molecule has 0 aliphatic carbocycles. The van der Waals surface area contributed by atoms with Crippen LogP contribution >= 0.6 is 0 Å². The van der Waals surface area contributed by atoms with Crippen molar-refractivity contribution >= 4 is 0 Å². The average molecular weight is 186 g/mol. The Morgan fingerprint density at radius 3 is 3.08 bits per heavy atom. The highest BCUT2D eigenvalue weighted by atomic mass is 16.5. The number of nitrogens with zero attached hydrogens (tertiary/aromatic N) is 1. The molecule has 0 amide bonds. The summed E-state index contributed by atoms with van der Waals surface area (Å²) in [5.74, 6) is 0. The first kappa shape index (κ1) is 11.0. The summed E-state index contributed by atoms with van der Waals surface area (Å²) in [5, 5.41) is 0. The highest BCUT2D eigenvalue weighted by Gasteiger charge is 2.16. The molecule has 1 aliphatic rings. The SMILES string of the molecule is CCC(N)CN1CCCOC(C)C1. The molecule has 2 unspecified atom stereocenters. The topological polar surface area (TPSA) is 38.5 Å². The van der Waals surface area contributed by atoms with Gasteiger partial charge in [0.15, 0.2) is 0 Å². The van der Waals surface area contributed by atoms with E-state index in [9.17, 15) is 0 Å². The largest absolute Gasteiger partial charge is 0.377 e. The Bertz CT molecular complexity index is 141. The lowest BCUT2D eigenvalue weighted by molar-refractivity contribution is 0.0669. The molecule has 0 aromatic rings. The highest BCUT2D eigenvalue weighted by molar-refractivity contribution is 4.71. The Morgan fingerprint density at radius 1 is 1.62 bits per heavy atom. The van der Waals surface area contributed by atoms with Crippen LogP contribution in [0.15, 0.2) is 0 Å². The molecule has 2 N–H and O–H groups in total. The van der Waals surface area contributed by atoms with Crippen molar-refractivity contribution in [2.75, 3.05) is 26.2 Å². The van der Waals surface area contributed by atoms with Crippen molar-refractivity contribution in [3.63, 3.8) is 0 Å². The van der Waals surface area contributed by atoms with Gasteiger partial charge in [-0.3, -0.25) is 4.90 Å². The van der Waals surface area contributed by atoms with Gasteiger partial charge in [0, 0.05) is 32.3 Å². The fourth-order valence-corrected chi connectivity index (χ4v) is 1.71. The van der Waals surface area contributed by atoms with Crippen molar-refractivity contribution in [1.29, 1.82) is 0 Å². The van der Waals surface area contributed by atoms with Gasteiger partial charge in [-0.05, 0) is 19.8 Å². The standard InChI is InChI=1S/C10H22N2O/c1-3-10(11)8-12-5-4-6-13-9(2)7-12/h9-10H,3-8,11H2,1-2H3. The molecule has 2 atom stereocenters. The lowest BCUT2D eigenvalue weighted by atomic mass is 10.2. The molecule has 78 valence electrons. The van der Waals surface area contributed by atoms with Gasteiger partial charge < -0.3 is 10.5 Å². The third-order valence-electron chi connectivity index (χ3n) is 2.55. The van der Waals surface area contributed by atoms with E-state index in [-0.39, 0.29) is 0 Å². The van der Waals surface area contributed by atoms with Gasteiger partial charge in [-0.2, -0.15) is 0 Å². The lowest BCUT2D eigenvalue weighted by Gasteiger charge is -2.24.